The van der Waals surface area contributed by atoms with Crippen molar-refractivity contribution in [2.75, 3.05) is 0 Å². The van der Waals surface area contributed by atoms with Crippen LogP contribution in [-0.2, 0) is 0 Å². The molecule has 0 saturated heterocycles. The molecule has 86 valence electrons. The molecule has 1 N–H and O–H groups in total. The van der Waals surface area contributed by atoms with Gasteiger partial charge >= 0.3 is 0 Å². The van der Waals surface area contributed by atoms with Crippen molar-refractivity contribution in [2.45, 2.75) is 46.1 Å². The van der Waals surface area contributed by atoms with Crippen LogP contribution in [0.15, 0.2) is 36.5 Å². The second-order valence-electron chi connectivity index (χ2n) is 4.47. The second kappa shape index (κ2) is 5.92. The second-order valence-corrected chi connectivity index (χ2v) is 4.47. The van der Waals surface area contributed by atoms with Crippen molar-refractivity contribution in [1.82, 2.24) is 0 Å². The lowest BCUT2D eigenvalue weighted by atomic mass is 9.81. The predicted octanol–water partition coefficient (Wildman–Crippen LogP) is 3.86. The Hall–Kier alpha value is -0.820. The molecule has 0 spiro atoms. The van der Waals surface area contributed by atoms with E-state index in [-0.39, 0.29) is 5.92 Å². The number of hydrogen-bond donors (Lipinski definition) is 1. The third kappa shape index (κ3) is 4.48. The van der Waals surface area contributed by atoms with Gasteiger partial charge in [-0.25, -0.2) is 0 Å². The zero-order valence-corrected chi connectivity index (χ0v) is 10.5. The highest BCUT2D eigenvalue weighted by molar-refractivity contribution is 5.13. The normalized spacial score (nSPS) is 18.1. The van der Waals surface area contributed by atoms with Crippen molar-refractivity contribution in [1.29, 1.82) is 0 Å². The molecule has 0 aromatic heterocycles. The summed E-state index contributed by atoms with van der Waals surface area (Å²) < 4.78 is 0. The van der Waals surface area contributed by atoms with E-state index in [4.69, 9.17) is 0 Å². The number of rotatable bonds is 6. The molecule has 0 aliphatic carbocycles. The van der Waals surface area contributed by atoms with E-state index < -0.39 is 5.60 Å². The summed E-state index contributed by atoms with van der Waals surface area (Å²) in [6.07, 6.45) is 5.66. The lowest BCUT2D eigenvalue weighted by Crippen LogP contribution is -2.32. The minimum atomic E-state index is -0.865. The molecular formula is C14H24O. The average molecular weight is 208 g/mol. The van der Waals surface area contributed by atoms with E-state index in [0.29, 0.717) is 0 Å². The van der Waals surface area contributed by atoms with E-state index in [0.717, 1.165) is 18.4 Å². The summed E-state index contributed by atoms with van der Waals surface area (Å²) in [5.74, 6) is 0.0523. The Bertz CT molecular complexity index is 259. The molecule has 1 nitrogen and oxygen atoms in total. The molecule has 0 rings (SSSR count). The molecule has 0 aromatic carbocycles. The van der Waals surface area contributed by atoms with E-state index >= 15 is 0 Å². The molecule has 0 aliphatic heterocycles. The highest BCUT2D eigenvalue weighted by Crippen LogP contribution is 2.28. The zero-order chi connectivity index (χ0) is 12.1. The Morgan fingerprint density at radius 3 is 2.33 bits per heavy atom. The molecule has 0 amide bonds. The van der Waals surface area contributed by atoms with Gasteiger partial charge < -0.3 is 5.11 Å². The van der Waals surface area contributed by atoms with E-state index in [1.54, 1.807) is 13.0 Å². The van der Waals surface area contributed by atoms with Gasteiger partial charge in [0.2, 0.25) is 0 Å². The van der Waals surface area contributed by atoms with Crippen LogP contribution in [-0.4, -0.2) is 10.7 Å². The Morgan fingerprint density at radius 2 is 2.00 bits per heavy atom. The van der Waals surface area contributed by atoms with E-state index in [1.807, 2.05) is 6.92 Å². The van der Waals surface area contributed by atoms with Crippen LogP contribution >= 0.6 is 0 Å². The van der Waals surface area contributed by atoms with Crippen molar-refractivity contribution in [3.63, 3.8) is 0 Å². The first-order valence-electron chi connectivity index (χ1n) is 5.52. The van der Waals surface area contributed by atoms with Crippen LogP contribution in [0.25, 0.3) is 0 Å². The SMILES string of the molecule is C=CC(C)(O)C(CC=C(C)CC)C(=C)C. The summed E-state index contributed by atoms with van der Waals surface area (Å²) in [7, 11) is 0. The van der Waals surface area contributed by atoms with Gasteiger partial charge in [0.25, 0.3) is 0 Å². The molecule has 0 saturated carbocycles. The highest BCUT2D eigenvalue weighted by Gasteiger charge is 2.28. The molecular weight excluding hydrogens is 184 g/mol. The topological polar surface area (TPSA) is 20.2 Å². The third-order valence-electron chi connectivity index (χ3n) is 2.97. The van der Waals surface area contributed by atoms with Gasteiger partial charge in [0.1, 0.15) is 0 Å². The maximum Gasteiger partial charge on any atom is 0.0864 e. The fourth-order valence-corrected chi connectivity index (χ4v) is 1.54. The van der Waals surface area contributed by atoms with E-state index in [2.05, 4.69) is 33.1 Å². The maximum atomic E-state index is 10.1. The van der Waals surface area contributed by atoms with Crippen LogP contribution in [0.5, 0.6) is 0 Å². The number of allylic oxidation sites excluding steroid dienone is 2. The Kier molecular flexibility index (Phi) is 5.59. The van der Waals surface area contributed by atoms with Crippen molar-refractivity contribution in [2.24, 2.45) is 5.92 Å². The van der Waals surface area contributed by atoms with Gasteiger partial charge in [-0.05, 0) is 33.6 Å². The van der Waals surface area contributed by atoms with Gasteiger partial charge in [0, 0.05) is 5.92 Å². The highest BCUT2D eigenvalue weighted by atomic mass is 16.3. The van der Waals surface area contributed by atoms with Crippen LogP contribution in [0.4, 0.5) is 0 Å². The average Bonchev–Trinajstić information content (AvgIpc) is 2.16. The molecule has 2 atom stereocenters. The van der Waals surface area contributed by atoms with Crippen LogP contribution in [0.2, 0.25) is 0 Å². The summed E-state index contributed by atoms with van der Waals surface area (Å²) in [6, 6.07) is 0. The van der Waals surface area contributed by atoms with Crippen molar-refractivity contribution in [3.05, 3.63) is 36.5 Å². The smallest absolute Gasteiger partial charge is 0.0864 e. The molecule has 0 bridgehead atoms. The van der Waals surface area contributed by atoms with Crippen molar-refractivity contribution >= 4 is 0 Å². The lowest BCUT2D eigenvalue weighted by Gasteiger charge is -2.30. The first-order valence-corrected chi connectivity index (χ1v) is 5.52. The summed E-state index contributed by atoms with van der Waals surface area (Å²) in [4.78, 5) is 0. The monoisotopic (exact) mass is 208 g/mol. The molecule has 0 heterocycles. The quantitative estimate of drug-likeness (QED) is 0.657. The van der Waals surface area contributed by atoms with Crippen LogP contribution in [0, 0.1) is 5.92 Å². The lowest BCUT2D eigenvalue weighted by molar-refractivity contribution is 0.0638. The van der Waals surface area contributed by atoms with Gasteiger partial charge in [-0.3, -0.25) is 0 Å². The van der Waals surface area contributed by atoms with Crippen molar-refractivity contribution < 1.29 is 5.11 Å². The van der Waals surface area contributed by atoms with Gasteiger partial charge in [0.15, 0.2) is 0 Å². The molecule has 1 heteroatoms. The van der Waals surface area contributed by atoms with Gasteiger partial charge in [-0.15, -0.1) is 6.58 Å². The maximum absolute atomic E-state index is 10.1. The Morgan fingerprint density at radius 1 is 1.47 bits per heavy atom. The molecule has 15 heavy (non-hydrogen) atoms. The van der Waals surface area contributed by atoms with Crippen molar-refractivity contribution in [3.8, 4) is 0 Å². The minimum absolute atomic E-state index is 0.0523. The zero-order valence-electron chi connectivity index (χ0n) is 10.5. The third-order valence-corrected chi connectivity index (χ3v) is 2.97. The summed E-state index contributed by atoms with van der Waals surface area (Å²) in [6.45, 7) is 15.6. The van der Waals surface area contributed by atoms with Gasteiger partial charge in [-0.1, -0.05) is 36.8 Å². The van der Waals surface area contributed by atoms with Crippen LogP contribution in [0.3, 0.4) is 0 Å². The molecule has 0 aliphatic rings. The Labute approximate surface area is 94.2 Å². The van der Waals surface area contributed by atoms with Gasteiger partial charge in [0.05, 0.1) is 5.60 Å². The van der Waals surface area contributed by atoms with E-state index in [1.165, 1.54) is 5.57 Å². The van der Waals surface area contributed by atoms with E-state index in [9.17, 15) is 5.11 Å². The Balaban J connectivity index is 4.71. The first-order chi connectivity index (χ1) is 6.85. The van der Waals surface area contributed by atoms with Crippen LogP contribution < -0.4 is 0 Å². The molecule has 0 radical (unpaired) electrons. The minimum Gasteiger partial charge on any atom is -0.385 e. The standard InChI is InChI=1S/C14H24O/c1-7-12(5)9-10-13(11(3)4)14(6,15)8-2/h8-9,13,15H,2-3,7,10H2,1,4-6H3. The summed E-state index contributed by atoms with van der Waals surface area (Å²) >= 11 is 0. The molecule has 0 fully saturated rings. The number of aliphatic hydroxyl groups is 1. The fourth-order valence-electron chi connectivity index (χ4n) is 1.54. The number of hydrogen-bond acceptors (Lipinski definition) is 1. The fraction of sp³-hybridized carbons (Fsp3) is 0.571. The largest absolute Gasteiger partial charge is 0.385 e. The molecule has 2 unspecified atom stereocenters. The predicted molar refractivity (Wildman–Crippen MR) is 67.8 cm³/mol. The first kappa shape index (κ1) is 14.2. The van der Waals surface area contributed by atoms with Crippen LogP contribution in [0.1, 0.15) is 40.5 Å². The summed E-state index contributed by atoms with van der Waals surface area (Å²) in [5.41, 5.74) is 1.48. The van der Waals surface area contributed by atoms with Gasteiger partial charge in [-0.2, -0.15) is 0 Å². The molecule has 0 aromatic rings. The summed E-state index contributed by atoms with van der Waals surface area (Å²) in [5, 5.41) is 10.1.